The molecule has 0 aliphatic heterocycles. The lowest BCUT2D eigenvalue weighted by molar-refractivity contribution is 0.0937. The number of hydrogen-bond acceptors (Lipinski definition) is 3. The molecule has 0 saturated heterocycles. The number of hydrogen-bond donors (Lipinski definition) is 2. The topological polar surface area (TPSA) is 68.0 Å². The zero-order valence-corrected chi connectivity index (χ0v) is 12.9. The summed E-state index contributed by atoms with van der Waals surface area (Å²) in [5, 5.41) is 3.11. The average molecular weight is 275 g/mol. The normalized spacial score (nSPS) is 22.8. The minimum atomic E-state index is -0.119. The maximum absolute atomic E-state index is 12.3. The Hall–Kier alpha value is -1.58. The highest BCUT2D eigenvalue weighted by Crippen LogP contribution is 2.26. The summed E-state index contributed by atoms with van der Waals surface area (Å²) in [6, 6.07) is 3.80. The zero-order chi connectivity index (χ0) is 14.9. The van der Waals surface area contributed by atoms with Crippen LogP contribution in [0.15, 0.2) is 12.1 Å². The number of nitrogens with two attached hydrogens (primary N) is 1. The van der Waals surface area contributed by atoms with Gasteiger partial charge in [0.15, 0.2) is 0 Å². The lowest BCUT2D eigenvalue weighted by Crippen LogP contribution is -2.33. The first kappa shape index (κ1) is 14.8. The molecular formula is C16H25N3O. The number of anilines is 1. The molecule has 1 aliphatic carbocycles. The van der Waals surface area contributed by atoms with Crippen LogP contribution in [0.2, 0.25) is 0 Å². The molecule has 1 aliphatic rings. The Balaban J connectivity index is 2.15. The SMILES string of the molecule is CC1CCC(NC(=O)c2cc(N)nc(C(C)(C)C)c2)C1. The number of nitrogens with zero attached hydrogens (tertiary/aromatic N) is 1. The van der Waals surface area contributed by atoms with Crippen LogP contribution in [0.1, 0.15) is 63.0 Å². The summed E-state index contributed by atoms with van der Waals surface area (Å²) in [5.41, 5.74) is 7.18. The molecule has 0 spiro atoms. The standard InChI is InChI=1S/C16H25N3O/c1-10-5-6-12(7-10)18-15(20)11-8-13(16(2,3)4)19-14(17)9-11/h8-10,12H,5-7H2,1-4H3,(H2,17,19)(H,18,20). The molecule has 4 nitrogen and oxygen atoms in total. The number of amides is 1. The molecule has 2 rings (SSSR count). The highest BCUT2D eigenvalue weighted by atomic mass is 16.1. The average Bonchev–Trinajstić information content (AvgIpc) is 2.72. The lowest BCUT2D eigenvalue weighted by atomic mass is 9.90. The highest BCUT2D eigenvalue weighted by molar-refractivity contribution is 5.95. The van der Waals surface area contributed by atoms with Gasteiger partial charge in [-0.3, -0.25) is 4.79 Å². The molecule has 2 unspecified atom stereocenters. The van der Waals surface area contributed by atoms with E-state index in [1.807, 2.05) is 6.07 Å². The van der Waals surface area contributed by atoms with Crippen LogP contribution in [-0.2, 0) is 5.41 Å². The van der Waals surface area contributed by atoms with Crippen molar-refractivity contribution in [1.29, 1.82) is 0 Å². The van der Waals surface area contributed by atoms with Gasteiger partial charge in [-0.15, -0.1) is 0 Å². The van der Waals surface area contributed by atoms with Gasteiger partial charge in [0.25, 0.3) is 5.91 Å². The minimum absolute atomic E-state index is 0.0382. The molecule has 4 heteroatoms. The molecule has 1 amide bonds. The molecule has 1 aromatic heterocycles. The van der Waals surface area contributed by atoms with Gasteiger partial charge in [0.05, 0.1) is 0 Å². The summed E-state index contributed by atoms with van der Waals surface area (Å²) in [6.07, 6.45) is 3.33. The van der Waals surface area contributed by atoms with Gasteiger partial charge in [-0.25, -0.2) is 4.98 Å². The fraction of sp³-hybridized carbons (Fsp3) is 0.625. The maximum Gasteiger partial charge on any atom is 0.251 e. The van der Waals surface area contributed by atoms with E-state index in [1.165, 1.54) is 6.42 Å². The number of carbonyl (C=O) groups excluding carboxylic acids is 1. The Bertz CT molecular complexity index is 505. The summed E-state index contributed by atoms with van der Waals surface area (Å²) < 4.78 is 0. The molecule has 3 N–H and O–H groups in total. The van der Waals surface area contributed by atoms with Crippen molar-refractivity contribution in [3.8, 4) is 0 Å². The van der Waals surface area contributed by atoms with Gasteiger partial charge in [0.1, 0.15) is 5.82 Å². The smallest absolute Gasteiger partial charge is 0.251 e. The Morgan fingerprint density at radius 3 is 2.60 bits per heavy atom. The fourth-order valence-electron chi connectivity index (χ4n) is 2.67. The van der Waals surface area contributed by atoms with Crippen molar-refractivity contribution in [3.05, 3.63) is 23.4 Å². The van der Waals surface area contributed by atoms with Crippen molar-refractivity contribution < 1.29 is 4.79 Å². The minimum Gasteiger partial charge on any atom is -0.384 e. The predicted molar refractivity (Wildman–Crippen MR) is 81.6 cm³/mol. The molecule has 110 valence electrons. The Labute approximate surface area is 121 Å². The number of rotatable bonds is 2. The van der Waals surface area contributed by atoms with Crippen LogP contribution < -0.4 is 11.1 Å². The summed E-state index contributed by atoms with van der Waals surface area (Å²) in [7, 11) is 0. The van der Waals surface area contributed by atoms with Gasteiger partial charge >= 0.3 is 0 Å². The van der Waals surface area contributed by atoms with Gasteiger partial charge in [0, 0.05) is 22.7 Å². The van der Waals surface area contributed by atoms with E-state index >= 15 is 0 Å². The number of nitrogen functional groups attached to an aromatic ring is 1. The maximum atomic E-state index is 12.3. The van der Waals surface area contributed by atoms with Crippen molar-refractivity contribution in [2.45, 2.75) is 58.4 Å². The summed E-state index contributed by atoms with van der Waals surface area (Å²) in [6.45, 7) is 8.42. The van der Waals surface area contributed by atoms with Crippen molar-refractivity contribution in [3.63, 3.8) is 0 Å². The molecule has 1 saturated carbocycles. The highest BCUT2D eigenvalue weighted by Gasteiger charge is 2.24. The first-order valence-electron chi connectivity index (χ1n) is 7.34. The van der Waals surface area contributed by atoms with Crippen LogP contribution in [0.25, 0.3) is 0 Å². The van der Waals surface area contributed by atoms with E-state index in [1.54, 1.807) is 6.07 Å². The van der Waals surface area contributed by atoms with E-state index in [4.69, 9.17) is 5.73 Å². The molecule has 0 bridgehead atoms. The van der Waals surface area contributed by atoms with E-state index in [2.05, 4.69) is 38.0 Å². The fourth-order valence-corrected chi connectivity index (χ4v) is 2.67. The van der Waals surface area contributed by atoms with Crippen LogP contribution in [0.4, 0.5) is 5.82 Å². The Morgan fingerprint density at radius 1 is 1.35 bits per heavy atom. The quantitative estimate of drug-likeness (QED) is 0.872. The van der Waals surface area contributed by atoms with Crippen molar-refractivity contribution in [2.24, 2.45) is 5.92 Å². The van der Waals surface area contributed by atoms with Crippen molar-refractivity contribution >= 4 is 11.7 Å². The van der Waals surface area contributed by atoms with Crippen LogP contribution in [0.3, 0.4) is 0 Å². The van der Waals surface area contributed by atoms with Crippen LogP contribution >= 0.6 is 0 Å². The molecule has 2 atom stereocenters. The molecule has 0 radical (unpaired) electrons. The number of pyridine rings is 1. The van der Waals surface area contributed by atoms with Crippen molar-refractivity contribution in [2.75, 3.05) is 5.73 Å². The number of aromatic nitrogens is 1. The van der Waals surface area contributed by atoms with E-state index in [9.17, 15) is 4.79 Å². The second kappa shape index (κ2) is 5.43. The lowest BCUT2D eigenvalue weighted by Gasteiger charge is -2.19. The predicted octanol–water partition coefficient (Wildman–Crippen LogP) is 2.88. The van der Waals surface area contributed by atoms with E-state index in [-0.39, 0.29) is 11.3 Å². The first-order valence-corrected chi connectivity index (χ1v) is 7.34. The second-order valence-electron chi connectivity index (χ2n) is 7.00. The van der Waals surface area contributed by atoms with Gasteiger partial charge in [-0.2, -0.15) is 0 Å². The van der Waals surface area contributed by atoms with Crippen LogP contribution in [-0.4, -0.2) is 16.9 Å². The van der Waals surface area contributed by atoms with Crippen LogP contribution in [0, 0.1) is 5.92 Å². The molecule has 20 heavy (non-hydrogen) atoms. The van der Waals surface area contributed by atoms with E-state index < -0.39 is 0 Å². The Kier molecular flexibility index (Phi) is 4.02. The molecule has 0 aromatic carbocycles. The molecule has 1 aromatic rings. The van der Waals surface area contributed by atoms with Gasteiger partial charge in [-0.1, -0.05) is 27.7 Å². The van der Waals surface area contributed by atoms with Crippen molar-refractivity contribution in [1.82, 2.24) is 10.3 Å². The largest absolute Gasteiger partial charge is 0.384 e. The second-order valence-corrected chi connectivity index (χ2v) is 7.00. The Morgan fingerprint density at radius 2 is 2.05 bits per heavy atom. The zero-order valence-electron chi connectivity index (χ0n) is 12.9. The molecular weight excluding hydrogens is 250 g/mol. The monoisotopic (exact) mass is 275 g/mol. The number of nitrogens with one attached hydrogen (secondary N) is 1. The molecule has 1 heterocycles. The van der Waals surface area contributed by atoms with Gasteiger partial charge < -0.3 is 11.1 Å². The van der Waals surface area contributed by atoms with Gasteiger partial charge in [0.2, 0.25) is 0 Å². The third-order valence-electron chi connectivity index (χ3n) is 3.91. The van der Waals surface area contributed by atoms with Gasteiger partial charge in [-0.05, 0) is 37.3 Å². The summed E-state index contributed by atoms with van der Waals surface area (Å²) in [5.74, 6) is 1.07. The third kappa shape index (κ3) is 3.50. The van der Waals surface area contributed by atoms with E-state index in [0.717, 1.165) is 18.5 Å². The summed E-state index contributed by atoms with van der Waals surface area (Å²) >= 11 is 0. The number of carbonyl (C=O) groups is 1. The first-order chi connectivity index (χ1) is 9.25. The van der Waals surface area contributed by atoms with E-state index in [0.29, 0.717) is 23.3 Å². The third-order valence-corrected chi connectivity index (χ3v) is 3.91. The van der Waals surface area contributed by atoms with Crippen LogP contribution in [0.5, 0.6) is 0 Å². The molecule has 1 fully saturated rings. The summed E-state index contributed by atoms with van der Waals surface area (Å²) in [4.78, 5) is 16.7.